The van der Waals surface area contributed by atoms with E-state index in [4.69, 9.17) is 9.47 Å². The minimum atomic E-state index is -0.318. The summed E-state index contributed by atoms with van der Waals surface area (Å²) >= 11 is 0. The summed E-state index contributed by atoms with van der Waals surface area (Å²) in [7, 11) is 0. The van der Waals surface area contributed by atoms with Crippen molar-refractivity contribution >= 4 is 5.91 Å². The van der Waals surface area contributed by atoms with Crippen LogP contribution in [0.5, 0.6) is 11.5 Å². The van der Waals surface area contributed by atoms with Crippen molar-refractivity contribution in [3.63, 3.8) is 0 Å². The van der Waals surface area contributed by atoms with Gasteiger partial charge in [-0.2, -0.15) is 0 Å². The van der Waals surface area contributed by atoms with Crippen LogP contribution in [0.2, 0.25) is 0 Å². The van der Waals surface area contributed by atoms with Crippen LogP contribution in [0, 0.1) is 0 Å². The van der Waals surface area contributed by atoms with Gasteiger partial charge in [-0.15, -0.1) is 0 Å². The lowest BCUT2D eigenvalue weighted by Gasteiger charge is -2.26. The molecule has 4 heteroatoms. The van der Waals surface area contributed by atoms with Crippen LogP contribution in [0.25, 0.3) is 0 Å². The molecule has 1 aliphatic carbocycles. The molecule has 108 valence electrons. The van der Waals surface area contributed by atoms with Gasteiger partial charge in [0.15, 0.2) is 11.5 Å². The normalized spacial score (nSPS) is 18.5. The number of ether oxygens (including phenoxy) is 2. The van der Waals surface area contributed by atoms with E-state index in [0.717, 1.165) is 43.0 Å². The molecule has 0 saturated heterocycles. The van der Waals surface area contributed by atoms with Crippen LogP contribution in [0.15, 0.2) is 18.2 Å². The molecule has 3 rings (SSSR count). The highest BCUT2D eigenvalue weighted by Crippen LogP contribution is 2.51. The Morgan fingerprint density at radius 2 is 1.80 bits per heavy atom. The summed E-state index contributed by atoms with van der Waals surface area (Å²) in [5, 5.41) is 0. The second-order valence-corrected chi connectivity index (χ2v) is 5.42. The third kappa shape index (κ3) is 2.03. The summed E-state index contributed by atoms with van der Waals surface area (Å²) in [5.41, 5.74) is 0.751. The summed E-state index contributed by atoms with van der Waals surface area (Å²) < 4.78 is 11.2. The summed E-state index contributed by atoms with van der Waals surface area (Å²) in [6.07, 6.45) is 1.87. The number of carbonyl (C=O) groups is 1. The summed E-state index contributed by atoms with van der Waals surface area (Å²) in [5.74, 6) is 1.80. The van der Waals surface area contributed by atoms with E-state index in [1.54, 1.807) is 0 Å². The lowest BCUT2D eigenvalue weighted by Crippen LogP contribution is -2.39. The fourth-order valence-corrected chi connectivity index (χ4v) is 2.91. The van der Waals surface area contributed by atoms with E-state index in [0.29, 0.717) is 13.2 Å². The van der Waals surface area contributed by atoms with Crippen LogP contribution in [-0.2, 0) is 10.2 Å². The lowest BCUT2D eigenvalue weighted by molar-refractivity contribution is -0.133. The first-order valence-corrected chi connectivity index (χ1v) is 7.41. The van der Waals surface area contributed by atoms with Crippen LogP contribution < -0.4 is 9.47 Å². The van der Waals surface area contributed by atoms with Gasteiger partial charge in [-0.3, -0.25) is 4.79 Å². The van der Waals surface area contributed by atoms with E-state index in [9.17, 15) is 4.79 Å². The average Bonchev–Trinajstić information content (AvgIpc) is 3.29. The molecule has 1 saturated carbocycles. The van der Waals surface area contributed by atoms with Gasteiger partial charge < -0.3 is 14.4 Å². The van der Waals surface area contributed by atoms with Gasteiger partial charge in [-0.05, 0) is 44.4 Å². The maximum atomic E-state index is 12.7. The van der Waals surface area contributed by atoms with Gasteiger partial charge in [0.25, 0.3) is 0 Å². The number of fused-ring (bicyclic) bond motifs is 1. The molecule has 1 aromatic rings. The highest BCUT2D eigenvalue weighted by atomic mass is 16.6. The first-order chi connectivity index (χ1) is 9.71. The van der Waals surface area contributed by atoms with Gasteiger partial charge >= 0.3 is 0 Å². The molecule has 0 radical (unpaired) electrons. The third-order valence-corrected chi connectivity index (χ3v) is 4.30. The van der Waals surface area contributed by atoms with Crippen molar-refractivity contribution in [2.24, 2.45) is 0 Å². The van der Waals surface area contributed by atoms with Gasteiger partial charge in [0.1, 0.15) is 13.2 Å². The Hall–Kier alpha value is -1.71. The predicted octanol–water partition coefficient (Wildman–Crippen LogP) is 2.36. The Morgan fingerprint density at radius 3 is 2.40 bits per heavy atom. The van der Waals surface area contributed by atoms with E-state index >= 15 is 0 Å². The number of hydrogen-bond acceptors (Lipinski definition) is 3. The number of nitrogens with zero attached hydrogens (tertiary/aromatic N) is 1. The second kappa shape index (κ2) is 5.00. The molecule has 1 heterocycles. The summed E-state index contributed by atoms with van der Waals surface area (Å²) in [6.45, 7) is 6.76. The quantitative estimate of drug-likeness (QED) is 0.846. The standard InChI is InChI=1S/C16H21NO3/c1-3-17(4-2)15(18)16(7-8-16)12-5-6-13-14(11-12)20-10-9-19-13/h5-6,11H,3-4,7-10H2,1-2H3. The Balaban J connectivity index is 1.90. The van der Waals surface area contributed by atoms with Crippen LogP contribution in [0.1, 0.15) is 32.3 Å². The fourth-order valence-electron chi connectivity index (χ4n) is 2.91. The number of hydrogen-bond donors (Lipinski definition) is 0. The maximum absolute atomic E-state index is 12.7. The summed E-state index contributed by atoms with van der Waals surface area (Å²) in [4.78, 5) is 14.6. The molecular weight excluding hydrogens is 254 g/mol. The zero-order valence-corrected chi connectivity index (χ0v) is 12.1. The molecule has 4 nitrogen and oxygen atoms in total. The number of benzene rings is 1. The van der Waals surface area contributed by atoms with Crippen molar-refractivity contribution in [2.45, 2.75) is 32.1 Å². The van der Waals surface area contributed by atoms with E-state index in [-0.39, 0.29) is 11.3 Å². The Kier molecular flexibility index (Phi) is 3.32. The van der Waals surface area contributed by atoms with Gasteiger partial charge in [0, 0.05) is 13.1 Å². The Labute approximate surface area is 119 Å². The minimum absolute atomic E-state index is 0.249. The van der Waals surface area contributed by atoms with Crippen LogP contribution in [-0.4, -0.2) is 37.1 Å². The van der Waals surface area contributed by atoms with Gasteiger partial charge in [0.05, 0.1) is 5.41 Å². The molecule has 1 fully saturated rings. The monoisotopic (exact) mass is 275 g/mol. The molecule has 1 aromatic carbocycles. The van der Waals surface area contributed by atoms with Crippen molar-refractivity contribution in [2.75, 3.05) is 26.3 Å². The number of carbonyl (C=O) groups excluding carboxylic acids is 1. The Bertz CT molecular complexity index is 518. The highest BCUT2D eigenvalue weighted by molar-refractivity contribution is 5.91. The molecule has 20 heavy (non-hydrogen) atoms. The zero-order valence-electron chi connectivity index (χ0n) is 12.1. The largest absolute Gasteiger partial charge is 0.486 e. The molecule has 0 atom stereocenters. The topological polar surface area (TPSA) is 38.8 Å². The first kappa shape index (κ1) is 13.3. The number of likely N-dealkylation sites (N-methyl/N-ethyl adjacent to an activating group) is 1. The number of amides is 1. The molecule has 1 amide bonds. The molecule has 0 aromatic heterocycles. The Morgan fingerprint density at radius 1 is 1.15 bits per heavy atom. The van der Waals surface area contributed by atoms with Crippen LogP contribution in [0.4, 0.5) is 0 Å². The molecular formula is C16H21NO3. The van der Waals surface area contributed by atoms with Crippen LogP contribution in [0.3, 0.4) is 0 Å². The van der Waals surface area contributed by atoms with Crippen molar-refractivity contribution in [1.29, 1.82) is 0 Å². The van der Waals surface area contributed by atoms with E-state index in [1.165, 1.54) is 0 Å². The summed E-state index contributed by atoms with van der Waals surface area (Å²) in [6, 6.07) is 5.93. The van der Waals surface area contributed by atoms with Crippen LogP contribution >= 0.6 is 0 Å². The minimum Gasteiger partial charge on any atom is -0.486 e. The molecule has 0 bridgehead atoms. The molecule has 1 aliphatic heterocycles. The molecule has 0 spiro atoms. The van der Waals surface area contributed by atoms with Gasteiger partial charge in [0.2, 0.25) is 5.91 Å². The first-order valence-electron chi connectivity index (χ1n) is 7.41. The molecule has 0 unspecified atom stereocenters. The predicted molar refractivity (Wildman–Crippen MR) is 76.3 cm³/mol. The SMILES string of the molecule is CCN(CC)C(=O)C1(c2ccc3c(c2)OCCO3)CC1. The van der Waals surface area contributed by atoms with E-state index in [2.05, 4.69) is 0 Å². The van der Waals surface area contributed by atoms with Gasteiger partial charge in [-0.1, -0.05) is 6.07 Å². The number of rotatable bonds is 4. The lowest BCUT2D eigenvalue weighted by atomic mass is 9.93. The smallest absolute Gasteiger partial charge is 0.233 e. The average molecular weight is 275 g/mol. The van der Waals surface area contributed by atoms with E-state index in [1.807, 2.05) is 36.9 Å². The molecule has 0 N–H and O–H groups in total. The van der Waals surface area contributed by atoms with Gasteiger partial charge in [-0.25, -0.2) is 0 Å². The van der Waals surface area contributed by atoms with E-state index < -0.39 is 0 Å². The molecule has 2 aliphatic rings. The highest BCUT2D eigenvalue weighted by Gasteiger charge is 2.52. The second-order valence-electron chi connectivity index (χ2n) is 5.42. The van der Waals surface area contributed by atoms with Crippen molar-refractivity contribution in [3.8, 4) is 11.5 Å². The fraction of sp³-hybridized carbons (Fsp3) is 0.562. The van der Waals surface area contributed by atoms with Crippen molar-refractivity contribution < 1.29 is 14.3 Å². The zero-order chi connectivity index (χ0) is 14.2. The third-order valence-electron chi connectivity index (χ3n) is 4.30. The maximum Gasteiger partial charge on any atom is 0.233 e. The van der Waals surface area contributed by atoms with Crippen molar-refractivity contribution in [3.05, 3.63) is 23.8 Å². The van der Waals surface area contributed by atoms with Crippen molar-refractivity contribution in [1.82, 2.24) is 4.90 Å².